The summed E-state index contributed by atoms with van der Waals surface area (Å²) in [6.07, 6.45) is 0. The molecule has 0 heterocycles. The molecule has 1 amide bonds. The van der Waals surface area contributed by atoms with E-state index in [1.165, 1.54) is 48.5 Å². The second-order valence-electron chi connectivity index (χ2n) is 6.62. The fraction of sp³-hybridized carbons (Fsp3) is 0. The molecular formula is C19H14Cl2N6O7S. The number of carbonyl (C=O) groups excluding carboxylic acids is 1. The number of sulfonamides is 1. The third kappa shape index (κ3) is 5.93. The molecule has 13 nitrogen and oxygen atoms in total. The summed E-state index contributed by atoms with van der Waals surface area (Å²) in [7, 11) is -4.45. The van der Waals surface area contributed by atoms with Gasteiger partial charge < -0.3 is 5.43 Å². The van der Waals surface area contributed by atoms with Gasteiger partial charge in [-0.25, -0.2) is 8.42 Å². The first kappa shape index (κ1) is 25.6. The fourth-order valence-electron chi connectivity index (χ4n) is 2.75. The molecule has 0 unspecified atom stereocenters. The monoisotopic (exact) mass is 540 g/mol. The predicted molar refractivity (Wildman–Crippen MR) is 128 cm³/mol. The van der Waals surface area contributed by atoms with E-state index in [2.05, 4.69) is 16.3 Å². The standard InChI is InChI=1S/C19H14Cl2N6O7S/c20-12-10-13(21)18(35(33,34)25-23-15-6-2-4-8-17(15)27(31)32)9-11(12)19(28)24-22-14-5-1-3-7-16(14)26(29)30/h1-10,22-23,25H,(H,24,28). The Bertz CT molecular complexity index is 1430. The van der Waals surface area contributed by atoms with Gasteiger partial charge in [-0.05, 0) is 24.3 Å². The maximum absolute atomic E-state index is 12.8. The second-order valence-corrected chi connectivity index (χ2v) is 9.09. The van der Waals surface area contributed by atoms with E-state index in [9.17, 15) is 33.4 Å². The molecule has 0 radical (unpaired) electrons. The van der Waals surface area contributed by atoms with Crippen molar-refractivity contribution in [3.63, 3.8) is 0 Å². The topological polar surface area (TPSA) is 186 Å². The third-order valence-corrected chi connectivity index (χ3v) is 6.41. The number of hydrogen-bond donors (Lipinski definition) is 4. The number of halogens is 2. The number of hydrazine groups is 2. The summed E-state index contributed by atoms with van der Waals surface area (Å²) in [6, 6.07) is 12.7. The quantitative estimate of drug-likeness (QED) is 0.230. The lowest BCUT2D eigenvalue weighted by molar-refractivity contribution is -0.384. The molecule has 0 bridgehead atoms. The highest BCUT2D eigenvalue weighted by atomic mass is 35.5. The zero-order chi connectivity index (χ0) is 25.8. The van der Waals surface area contributed by atoms with E-state index in [1.54, 1.807) is 0 Å². The summed E-state index contributed by atoms with van der Waals surface area (Å²) in [5, 5.41) is 21.7. The number of carbonyl (C=O) groups is 1. The van der Waals surface area contributed by atoms with Crippen molar-refractivity contribution in [3.8, 4) is 0 Å². The molecule has 0 atom stereocenters. The van der Waals surface area contributed by atoms with Crippen LogP contribution in [-0.4, -0.2) is 24.2 Å². The van der Waals surface area contributed by atoms with Crippen molar-refractivity contribution in [2.45, 2.75) is 4.90 Å². The zero-order valence-corrected chi connectivity index (χ0v) is 19.5. The van der Waals surface area contributed by atoms with Crippen molar-refractivity contribution >= 4 is 61.9 Å². The SMILES string of the molecule is O=C(NNc1ccccc1[N+](=O)[O-])c1cc(S(=O)(=O)NNc2ccccc2[N+](=O)[O-])c(Cl)cc1Cl. The number of hydrogen-bond acceptors (Lipinski definition) is 9. The summed E-state index contributed by atoms with van der Waals surface area (Å²) in [4.78, 5) is 34.9. The summed E-state index contributed by atoms with van der Waals surface area (Å²) in [5.74, 6) is -0.923. The maximum atomic E-state index is 12.8. The van der Waals surface area contributed by atoms with Crippen LogP contribution in [-0.2, 0) is 10.0 Å². The molecule has 0 spiro atoms. The van der Waals surface area contributed by atoms with Crippen LogP contribution in [0.2, 0.25) is 10.0 Å². The number of anilines is 2. The third-order valence-electron chi connectivity index (χ3n) is 4.39. The molecule has 0 saturated heterocycles. The maximum Gasteiger partial charge on any atom is 0.294 e. The van der Waals surface area contributed by atoms with E-state index >= 15 is 0 Å². The fourth-order valence-corrected chi connectivity index (χ4v) is 4.47. The van der Waals surface area contributed by atoms with E-state index in [-0.39, 0.29) is 32.7 Å². The highest BCUT2D eigenvalue weighted by Crippen LogP contribution is 2.30. The summed E-state index contributed by atoms with van der Waals surface area (Å²) in [6.45, 7) is 0. The van der Waals surface area contributed by atoms with Crippen LogP contribution in [0.4, 0.5) is 22.7 Å². The van der Waals surface area contributed by atoms with E-state index in [0.29, 0.717) is 0 Å². The Hall–Kier alpha value is -3.98. The number of para-hydroxylation sites is 4. The minimum absolute atomic E-state index is 0.0286. The van der Waals surface area contributed by atoms with Gasteiger partial charge in [-0.3, -0.25) is 35.9 Å². The molecule has 0 aromatic heterocycles. The van der Waals surface area contributed by atoms with E-state index in [4.69, 9.17) is 23.2 Å². The number of amides is 1. The molecular weight excluding hydrogens is 527 g/mol. The Morgan fingerprint density at radius 2 is 1.31 bits per heavy atom. The molecule has 4 N–H and O–H groups in total. The first-order valence-corrected chi connectivity index (χ1v) is 11.5. The Kier molecular flexibility index (Phi) is 7.71. The first-order chi connectivity index (χ1) is 16.5. The van der Waals surface area contributed by atoms with E-state index < -0.39 is 36.4 Å². The molecule has 0 aliphatic heterocycles. The molecule has 182 valence electrons. The number of benzene rings is 3. The molecule has 3 aromatic rings. The van der Waals surface area contributed by atoms with Gasteiger partial charge in [0.25, 0.3) is 27.3 Å². The van der Waals surface area contributed by atoms with Gasteiger partial charge in [-0.1, -0.05) is 47.5 Å². The zero-order valence-electron chi connectivity index (χ0n) is 17.2. The Balaban J connectivity index is 1.84. The lowest BCUT2D eigenvalue weighted by atomic mass is 10.2. The largest absolute Gasteiger partial charge is 0.302 e. The lowest BCUT2D eigenvalue weighted by Crippen LogP contribution is -2.32. The molecule has 3 aromatic carbocycles. The Labute approximate surface area is 207 Å². The smallest absolute Gasteiger partial charge is 0.294 e. The average Bonchev–Trinajstić information content (AvgIpc) is 2.81. The van der Waals surface area contributed by atoms with Gasteiger partial charge in [-0.15, -0.1) is 4.83 Å². The van der Waals surface area contributed by atoms with Crippen LogP contribution in [0.25, 0.3) is 0 Å². The van der Waals surface area contributed by atoms with Crippen molar-refractivity contribution < 1.29 is 23.1 Å². The van der Waals surface area contributed by atoms with E-state index in [0.717, 1.165) is 12.1 Å². The minimum atomic E-state index is -4.45. The van der Waals surface area contributed by atoms with Gasteiger partial charge in [-0.2, -0.15) is 0 Å². The van der Waals surface area contributed by atoms with Crippen molar-refractivity contribution in [2.24, 2.45) is 0 Å². The molecule has 3 rings (SSSR count). The van der Waals surface area contributed by atoms with Crippen molar-refractivity contribution in [1.29, 1.82) is 0 Å². The summed E-state index contributed by atoms with van der Waals surface area (Å²) < 4.78 is 25.6. The van der Waals surface area contributed by atoms with Gasteiger partial charge >= 0.3 is 0 Å². The van der Waals surface area contributed by atoms with Crippen molar-refractivity contribution in [2.75, 3.05) is 10.9 Å². The molecule has 0 saturated carbocycles. The minimum Gasteiger partial charge on any atom is -0.302 e. The van der Waals surface area contributed by atoms with Crippen molar-refractivity contribution in [3.05, 3.63) is 96.5 Å². The number of nitro benzene ring substituents is 2. The van der Waals surface area contributed by atoms with Crippen LogP contribution in [0, 0.1) is 20.2 Å². The number of rotatable bonds is 9. The van der Waals surface area contributed by atoms with Gasteiger partial charge in [0.2, 0.25) is 0 Å². The normalized spacial score (nSPS) is 10.9. The van der Waals surface area contributed by atoms with Crippen LogP contribution in [0.3, 0.4) is 0 Å². The lowest BCUT2D eigenvalue weighted by Gasteiger charge is -2.14. The van der Waals surface area contributed by atoms with Crippen LogP contribution in [0.1, 0.15) is 10.4 Å². The van der Waals surface area contributed by atoms with Crippen LogP contribution in [0.5, 0.6) is 0 Å². The van der Waals surface area contributed by atoms with Crippen LogP contribution < -0.4 is 21.1 Å². The van der Waals surface area contributed by atoms with Gasteiger partial charge in [0.1, 0.15) is 16.3 Å². The first-order valence-electron chi connectivity index (χ1n) is 9.31. The van der Waals surface area contributed by atoms with Gasteiger partial charge in [0.15, 0.2) is 0 Å². The average molecular weight is 541 g/mol. The molecule has 0 aliphatic carbocycles. The molecule has 0 aliphatic rings. The number of nitrogens with zero attached hydrogens (tertiary/aromatic N) is 2. The van der Waals surface area contributed by atoms with Crippen LogP contribution in [0.15, 0.2) is 65.6 Å². The summed E-state index contributed by atoms with van der Waals surface area (Å²) in [5.41, 5.74) is 5.62. The van der Waals surface area contributed by atoms with Gasteiger partial charge in [0, 0.05) is 12.1 Å². The molecule has 0 fully saturated rings. The highest BCUT2D eigenvalue weighted by molar-refractivity contribution is 7.89. The van der Waals surface area contributed by atoms with Crippen molar-refractivity contribution in [1.82, 2.24) is 10.3 Å². The number of nitro groups is 2. The summed E-state index contributed by atoms with van der Waals surface area (Å²) >= 11 is 12.1. The van der Waals surface area contributed by atoms with Crippen LogP contribution >= 0.6 is 23.2 Å². The second kappa shape index (κ2) is 10.5. The predicted octanol–water partition coefficient (Wildman–Crippen LogP) is 3.87. The Morgan fingerprint density at radius 3 is 1.86 bits per heavy atom. The van der Waals surface area contributed by atoms with Gasteiger partial charge in [0.05, 0.1) is 25.5 Å². The molecule has 16 heteroatoms. The molecule has 35 heavy (non-hydrogen) atoms. The number of nitrogens with one attached hydrogen (secondary N) is 4. The highest BCUT2D eigenvalue weighted by Gasteiger charge is 2.24. The van der Waals surface area contributed by atoms with E-state index in [1.807, 2.05) is 4.83 Å². The Morgan fingerprint density at radius 1 is 0.800 bits per heavy atom.